The van der Waals surface area contributed by atoms with E-state index in [9.17, 15) is 26.7 Å². The molecule has 9 nitrogen and oxygen atoms in total. The summed E-state index contributed by atoms with van der Waals surface area (Å²) in [5.41, 5.74) is -0.0145. The molecule has 1 saturated carbocycles. The summed E-state index contributed by atoms with van der Waals surface area (Å²) < 4.78 is 66.7. The number of carbonyl (C=O) groups excluding carboxylic acids is 1. The molecule has 1 fully saturated rings. The Morgan fingerprint density at radius 2 is 1.88 bits per heavy atom. The minimum Gasteiger partial charge on any atom is -0.325 e. The second-order valence-corrected chi connectivity index (χ2v) is 7.64. The normalized spacial score (nSPS) is 14.7. The van der Waals surface area contributed by atoms with Gasteiger partial charge < -0.3 is 5.32 Å². The number of aromatic amines is 1. The largest absolute Gasteiger partial charge is 0.453 e. The molecule has 1 aliphatic rings. The number of alkyl halides is 3. The van der Waals surface area contributed by atoms with Crippen LogP contribution in [0, 0.1) is 11.6 Å². The molecule has 0 saturated heterocycles. The number of anilines is 1. The monoisotopic (exact) mass is 476 g/mol. The molecule has 2 aromatic carbocycles. The van der Waals surface area contributed by atoms with Gasteiger partial charge in [-0.25, -0.2) is 18.4 Å². The van der Waals surface area contributed by atoms with Gasteiger partial charge in [-0.2, -0.15) is 18.4 Å². The number of rotatable bonds is 5. The van der Waals surface area contributed by atoms with Crippen molar-refractivity contribution in [3.63, 3.8) is 0 Å². The molecule has 2 heterocycles. The Morgan fingerprint density at radius 3 is 2.50 bits per heavy atom. The summed E-state index contributed by atoms with van der Waals surface area (Å²) in [4.78, 5) is 16.3. The fourth-order valence-corrected chi connectivity index (χ4v) is 3.59. The highest BCUT2D eigenvalue weighted by atomic mass is 19.4. The van der Waals surface area contributed by atoms with Crippen molar-refractivity contribution in [1.82, 2.24) is 35.4 Å². The van der Waals surface area contributed by atoms with E-state index in [1.165, 1.54) is 24.3 Å². The van der Waals surface area contributed by atoms with E-state index >= 15 is 0 Å². The number of tetrazole rings is 1. The number of benzene rings is 2. The summed E-state index contributed by atoms with van der Waals surface area (Å²) in [6.07, 6.45) is -2.95. The summed E-state index contributed by atoms with van der Waals surface area (Å²) >= 11 is 0. The Balaban J connectivity index is 1.48. The summed E-state index contributed by atoms with van der Waals surface area (Å²) in [6.45, 7) is 0. The molecule has 0 bridgehead atoms. The van der Waals surface area contributed by atoms with Gasteiger partial charge in [0.1, 0.15) is 6.33 Å². The first-order valence-corrected chi connectivity index (χ1v) is 9.81. The van der Waals surface area contributed by atoms with E-state index in [-0.39, 0.29) is 22.8 Å². The lowest BCUT2D eigenvalue weighted by Gasteiger charge is -2.17. The Labute approximate surface area is 187 Å². The van der Waals surface area contributed by atoms with Crippen LogP contribution in [0.3, 0.4) is 0 Å². The molecule has 4 aromatic rings. The predicted octanol–water partition coefficient (Wildman–Crippen LogP) is 3.41. The highest BCUT2D eigenvalue weighted by molar-refractivity contribution is 6.01. The van der Waals surface area contributed by atoms with Gasteiger partial charge in [0.15, 0.2) is 11.6 Å². The van der Waals surface area contributed by atoms with Gasteiger partial charge in [-0.1, -0.05) is 6.07 Å². The lowest BCUT2D eigenvalue weighted by atomic mass is 9.94. The van der Waals surface area contributed by atoms with Gasteiger partial charge in [0.25, 0.3) is 5.82 Å². The summed E-state index contributed by atoms with van der Waals surface area (Å²) in [6, 6.07) is 7.63. The minimum absolute atomic E-state index is 0.0388. The van der Waals surface area contributed by atoms with Gasteiger partial charge in [0.2, 0.25) is 11.7 Å². The number of H-pyrrole nitrogens is 1. The number of hydrogen-bond donors (Lipinski definition) is 2. The number of aromatic nitrogens is 7. The maximum atomic E-state index is 13.7. The fraction of sp³-hybridized carbons (Fsp3) is 0.200. The second-order valence-electron chi connectivity index (χ2n) is 7.64. The summed E-state index contributed by atoms with van der Waals surface area (Å²) in [5, 5.41) is 19.6. The first kappa shape index (κ1) is 21.6. The summed E-state index contributed by atoms with van der Waals surface area (Å²) in [5.74, 6) is -3.79. The van der Waals surface area contributed by atoms with Crippen LogP contribution >= 0.6 is 0 Å². The average Bonchev–Trinajstić information content (AvgIpc) is 3.20. The summed E-state index contributed by atoms with van der Waals surface area (Å²) in [7, 11) is 0. The van der Waals surface area contributed by atoms with E-state index in [0.29, 0.717) is 18.4 Å². The van der Waals surface area contributed by atoms with Crippen molar-refractivity contribution in [2.45, 2.75) is 24.4 Å². The smallest absolute Gasteiger partial charge is 0.325 e. The first-order chi connectivity index (χ1) is 16.2. The van der Waals surface area contributed by atoms with Crippen molar-refractivity contribution in [3.8, 4) is 17.1 Å². The second kappa shape index (κ2) is 7.67. The van der Waals surface area contributed by atoms with Crippen LogP contribution in [0.5, 0.6) is 0 Å². The van der Waals surface area contributed by atoms with Crippen LogP contribution in [-0.4, -0.2) is 41.3 Å². The van der Waals surface area contributed by atoms with E-state index in [1.54, 1.807) is 0 Å². The van der Waals surface area contributed by atoms with Crippen LogP contribution in [-0.2, 0) is 16.4 Å². The maximum absolute atomic E-state index is 13.7. The third kappa shape index (κ3) is 3.76. The third-order valence-electron chi connectivity index (χ3n) is 5.49. The molecule has 1 aliphatic carbocycles. The zero-order valence-corrected chi connectivity index (χ0v) is 16.9. The highest BCUT2D eigenvalue weighted by Gasteiger charge is 2.51. The molecule has 0 unspecified atom stereocenters. The van der Waals surface area contributed by atoms with Crippen LogP contribution in [0.2, 0.25) is 0 Å². The van der Waals surface area contributed by atoms with Crippen molar-refractivity contribution in [3.05, 3.63) is 65.7 Å². The topological polar surface area (TPSA) is 114 Å². The molecule has 14 heteroatoms. The fourth-order valence-electron chi connectivity index (χ4n) is 3.59. The molecular formula is C20H13F5N8O. The quantitative estimate of drug-likeness (QED) is 0.427. The molecule has 0 spiro atoms. The molecular weight excluding hydrogens is 463 g/mol. The van der Waals surface area contributed by atoms with Crippen LogP contribution in [0.25, 0.3) is 17.1 Å². The molecule has 2 aromatic heterocycles. The van der Waals surface area contributed by atoms with Gasteiger partial charge in [0.05, 0.1) is 16.7 Å². The van der Waals surface area contributed by atoms with Crippen LogP contribution < -0.4 is 5.32 Å². The number of hydrogen-bond acceptors (Lipinski definition) is 6. The SMILES string of the molecule is O=C(Nc1ccc(-n2cnc(C(F)(F)F)n2)c(-c2nn[nH]n2)c1)C1(c2ccc(F)c(F)c2)CC1. The Hall–Kier alpha value is -4.23. The Kier molecular flexibility index (Phi) is 4.88. The number of amides is 1. The lowest BCUT2D eigenvalue weighted by molar-refractivity contribution is -0.144. The Morgan fingerprint density at radius 1 is 1.09 bits per heavy atom. The van der Waals surface area contributed by atoms with Crippen molar-refractivity contribution >= 4 is 11.6 Å². The maximum Gasteiger partial charge on any atom is 0.453 e. The van der Waals surface area contributed by atoms with E-state index in [1.807, 2.05) is 0 Å². The molecule has 0 radical (unpaired) electrons. The standard InChI is InChI=1S/C20H13F5N8O/c21-13-3-1-10(7-14(13)22)19(5-6-19)18(34)27-11-2-4-15(12(8-11)16-28-31-32-29-16)33-9-26-17(30-33)20(23,24)25/h1-4,7-9H,5-6H2,(H,27,34)(H,28,29,31,32). The highest BCUT2D eigenvalue weighted by Crippen LogP contribution is 2.49. The molecule has 174 valence electrons. The molecule has 2 N–H and O–H groups in total. The molecule has 0 atom stereocenters. The predicted molar refractivity (Wildman–Crippen MR) is 105 cm³/mol. The third-order valence-corrected chi connectivity index (χ3v) is 5.49. The van der Waals surface area contributed by atoms with Crippen molar-refractivity contribution in [2.75, 3.05) is 5.32 Å². The molecule has 1 amide bonds. The zero-order chi connectivity index (χ0) is 24.1. The Bertz CT molecular complexity index is 1380. The van der Waals surface area contributed by atoms with E-state index in [2.05, 4.69) is 36.0 Å². The van der Waals surface area contributed by atoms with Gasteiger partial charge in [-0.05, 0) is 54.0 Å². The molecule has 34 heavy (non-hydrogen) atoms. The van der Waals surface area contributed by atoms with Crippen molar-refractivity contribution in [1.29, 1.82) is 0 Å². The van der Waals surface area contributed by atoms with E-state index < -0.39 is 35.0 Å². The van der Waals surface area contributed by atoms with E-state index in [0.717, 1.165) is 23.1 Å². The van der Waals surface area contributed by atoms with Gasteiger partial charge in [-0.15, -0.1) is 15.3 Å². The number of nitrogens with one attached hydrogen (secondary N) is 2. The van der Waals surface area contributed by atoms with Crippen LogP contribution in [0.1, 0.15) is 24.2 Å². The molecule has 0 aliphatic heterocycles. The number of carbonyl (C=O) groups is 1. The zero-order valence-electron chi connectivity index (χ0n) is 16.9. The van der Waals surface area contributed by atoms with Gasteiger partial charge in [-0.3, -0.25) is 4.79 Å². The number of halogens is 5. The lowest BCUT2D eigenvalue weighted by Crippen LogP contribution is -2.28. The van der Waals surface area contributed by atoms with Crippen LogP contribution in [0.4, 0.5) is 27.6 Å². The average molecular weight is 476 g/mol. The van der Waals surface area contributed by atoms with Gasteiger partial charge >= 0.3 is 6.18 Å². The van der Waals surface area contributed by atoms with Crippen molar-refractivity contribution < 1.29 is 26.7 Å². The van der Waals surface area contributed by atoms with Crippen LogP contribution in [0.15, 0.2) is 42.7 Å². The molecule has 5 rings (SSSR count). The number of nitrogens with zero attached hydrogens (tertiary/aromatic N) is 6. The first-order valence-electron chi connectivity index (χ1n) is 9.81. The van der Waals surface area contributed by atoms with E-state index in [4.69, 9.17) is 0 Å². The van der Waals surface area contributed by atoms with Gasteiger partial charge in [0, 0.05) is 5.69 Å². The van der Waals surface area contributed by atoms with Crippen molar-refractivity contribution in [2.24, 2.45) is 0 Å². The minimum atomic E-state index is -4.73.